The van der Waals surface area contributed by atoms with Crippen molar-refractivity contribution in [1.82, 2.24) is 0 Å². The average molecular weight is 150 g/mol. The molecule has 0 amide bonds. The molecular weight excluding hydrogens is 142 g/mol. The van der Waals surface area contributed by atoms with Crippen LogP contribution in [-0.2, 0) is 6.54 Å². The van der Waals surface area contributed by atoms with E-state index in [0.717, 1.165) is 5.56 Å². The molecule has 3 nitrogen and oxygen atoms in total. The molecule has 0 aliphatic heterocycles. The van der Waals surface area contributed by atoms with Crippen LogP contribution in [0.5, 0.6) is 0 Å². The lowest BCUT2D eigenvalue weighted by Crippen LogP contribution is -1.99. The standard InChI is InChI=1S/C8H8NO2/c9-5-6-1-3-7(4-2-6)8(10)11/h1,3-4H,5,9H2,(H,10,11). The molecule has 1 aromatic carbocycles. The van der Waals surface area contributed by atoms with Crippen LogP contribution in [0.15, 0.2) is 18.2 Å². The molecule has 0 saturated carbocycles. The highest BCUT2D eigenvalue weighted by molar-refractivity contribution is 5.87. The Hall–Kier alpha value is -1.35. The molecule has 1 aromatic rings. The Balaban J connectivity index is 2.91. The van der Waals surface area contributed by atoms with Crippen LogP contribution in [0, 0.1) is 6.07 Å². The Labute approximate surface area is 64.5 Å². The van der Waals surface area contributed by atoms with E-state index < -0.39 is 5.97 Å². The van der Waals surface area contributed by atoms with Gasteiger partial charge in [0.05, 0.1) is 5.56 Å². The first kappa shape index (κ1) is 7.75. The predicted octanol–water partition coefficient (Wildman–Crippen LogP) is 0.644. The van der Waals surface area contributed by atoms with Gasteiger partial charge in [-0.2, -0.15) is 0 Å². The lowest BCUT2D eigenvalue weighted by atomic mass is 10.1. The van der Waals surface area contributed by atoms with Gasteiger partial charge in [0.15, 0.2) is 0 Å². The molecule has 0 heterocycles. The number of hydrogen-bond donors (Lipinski definition) is 2. The number of hydrogen-bond acceptors (Lipinski definition) is 2. The van der Waals surface area contributed by atoms with Crippen molar-refractivity contribution in [3.63, 3.8) is 0 Å². The van der Waals surface area contributed by atoms with Crippen LogP contribution in [0.4, 0.5) is 0 Å². The van der Waals surface area contributed by atoms with E-state index in [4.69, 9.17) is 10.8 Å². The highest BCUT2D eigenvalue weighted by Crippen LogP contribution is 2.01. The largest absolute Gasteiger partial charge is 0.478 e. The van der Waals surface area contributed by atoms with Crippen molar-refractivity contribution < 1.29 is 9.90 Å². The van der Waals surface area contributed by atoms with Crippen LogP contribution >= 0.6 is 0 Å². The first-order valence-electron chi connectivity index (χ1n) is 3.18. The number of carbonyl (C=O) groups is 1. The van der Waals surface area contributed by atoms with Crippen LogP contribution in [0.25, 0.3) is 0 Å². The van der Waals surface area contributed by atoms with Crippen LogP contribution in [-0.4, -0.2) is 11.1 Å². The van der Waals surface area contributed by atoms with Gasteiger partial charge in [-0.3, -0.25) is 0 Å². The Kier molecular flexibility index (Phi) is 2.23. The average Bonchev–Trinajstić information content (AvgIpc) is 2.05. The van der Waals surface area contributed by atoms with Gasteiger partial charge in [0, 0.05) is 6.54 Å². The summed E-state index contributed by atoms with van der Waals surface area (Å²) in [6.45, 7) is 0.389. The Morgan fingerprint density at radius 1 is 1.64 bits per heavy atom. The molecule has 1 radical (unpaired) electrons. The smallest absolute Gasteiger partial charge is 0.335 e. The van der Waals surface area contributed by atoms with E-state index in [0.29, 0.717) is 6.54 Å². The lowest BCUT2D eigenvalue weighted by molar-refractivity contribution is 0.0697. The first-order chi connectivity index (χ1) is 5.24. The van der Waals surface area contributed by atoms with Gasteiger partial charge in [0.2, 0.25) is 0 Å². The monoisotopic (exact) mass is 150 g/mol. The molecule has 3 N–H and O–H groups in total. The Morgan fingerprint density at radius 2 is 2.36 bits per heavy atom. The summed E-state index contributed by atoms with van der Waals surface area (Å²) in [5, 5.41) is 8.50. The van der Waals surface area contributed by atoms with E-state index in [2.05, 4.69) is 6.07 Å². The summed E-state index contributed by atoms with van der Waals surface area (Å²) in [6.07, 6.45) is 0. The highest BCUT2D eigenvalue weighted by Gasteiger charge is 2.00. The maximum atomic E-state index is 10.3. The molecule has 1 rings (SSSR count). The summed E-state index contributed by atoms with van der Waals surface area (Å²) < 4.78 is 0. The fourth-order valence-electron chi connectivity index (χ4n) is 0.717. The molecule has 0 aliphatic rings. The van der Waals surface area contributed by atoms with Crippen LogP contribution in [0.2, 0.25) is 0 Å². The molecule has 0 saturated heterocycles. The maximum absolute atomic E-state index is 10.3. The molecule has 57 valence electrons. The Morgan fingerprint density at radius 3 is 2.73 bits per heavy atom. The molecule has 11 heavy (non-hydrogen) atoms. The van der Waals surface area contributed by atoms with Crippen molar-refractivity contribution in [1.29, 1.82) is 0 Å². The van der Waals surface area contributed by atoms with E-state index in [1.54, 1.807) is 6.07 Å². The van der Waals surface area contributed by atoms with E-state index in [1.165, 1.54) is 12.1 Å². The lowest BCUT2D eigenvalue weighted by Gasteiger charge is -1.95. The normalized spacial score (nSPS) is 9.55. The third kappa shape index (κ3) is 1.78. The number of aromatic carboxylic acids is 1. The molecule has 0 aliphatic carbocycles. The van der Waals surface area contributed by atoms with Crippen molar-refractivity contribution in [2.45, 2.75) is 6.54 Å². The number of benzene rings is 1. The van der Waals surface area contributed by atoms with Gasteiger partial charge < -0.3 is 10.8 Å². The fraction of sp³-hybridized carbons (Fsp3) is 0.125. The van der Waals surface area contributed by atoms with E-state index in [1.807, 2.05) is 0 Å². The molecule has 0 unspecified atom stereocenters. The molecule has 0 atom stereocenters. The van der Waals surface area contributed by atoms with Gasteiger partial charge in [0.25, 0.3) is 0 Å². The maximum Gasteiger partial charge on any atom is 0.335 e. The highest BCUT2D eigenvalue weighted by atomic mass is 16.4. The molecule has 3 heteroatoms. The summed E-state index contributed by atoms with van der Waals surface area (Å²) in [7, 11) is 0. The second-order valence-corrected chi connectivity index (χ2v) is 2.11. The van der Waals surface area contributed by atoms with Crippen molar-refractivity contribution in [3.8, 4) is 0 Å². The summed E-state index contributed by atoms with van der Waals surface area (Å²) in [5.74, 6) is -0.940. The fourth-order valence-corrected chi connectivity index (χ4v) is 0.717. The third-order valence-electron chi connectivity index (χ3n) is 1.34. The second kappa shape index (κ2) is 3.16. The second-order valence-electron chi connectivity index (χ2n) is 2.11. The van der Waals surface area contributed by atoms with Crippen molar-refractivity contribution in [3.05, 3.63) is 35.4 Å². The number of rotatable bonds is 2. The van der Waals surface area contributed by atoms with Crippen LogP contribution < -0.4 is 5.73 Å². The molecule has 0 spiro atoms. The summed E-state index contributed by atoms with van der Waals surface area (Å²) in [6, 6.07) is 7.35. The van der Waals surface area contributed by atoms with E-state index in [9.17, 15) is 4.79 Å². The summed E-state index contributed by atoms with van der Waals surface area (Å²) >= 11 is 0. The number of nitrogens with two attached hydrogens (primary N) is 1. The van der Waals surface area contributed by atoms with Crippen molar-refractivity contribution >= 4 is 5.97 Å². The zero-order chi connectivity index (χ0) is 8.27. The quantitative estimate of drug-likeness (QED) is 0.650. The topological polar surface area (TPSA) is 63.3 Å². The zero-order valence-corrected chi connectivity index (χ0v) is 5.87. The van der Waals surface area contributed by atoms with Gasteiger partial charge in [-0.15, -0.1) is 0 Å². The van der Waals surface area contributed by atoms with E-state index in [-0.39, 0.29) is 5.56 Å². The number of carboxylic acids is 1. The van der Waals surface area contributed by atoms with Gasteiger partial charge in [-0.05, 0) is 23.8 Å². The summed E-state index contributed by atoms with van der Waals surface area (Å²) in [4.78, 5) is 10.3. The predicted molar refractivity (Wildman–Crippen MR) is 40.1 cm³/mol. The summed E-state index contributed by atoms with van der Waals surface area (Å²) in [5.41, 5.74) is 6.35. The van der Waals surface area contributed by atoms with Crippen LogP contribution in [0.1, 0.15) is 15.9 Å². The molecule has 0 fully saturated rings. The molecule has 0 bridgehead atoms. The minimum atomic E-state index is -0.940. The Bertz CT molecular complexity index is 253. The van der Waals surface area contributed by atoms with Gasteiger partial charge in [-0.1, -0.05) is 6.07 Å². The molecular formula is C8H8NO2. The van der Waals surface area contributed by atoms with Gasteiger partial charge in [0.1, 0.15) is 0 Å². The third-order valence-corrected chi connectivity index (χ3v) is 1.34. The molecule has 0 aromatic heterocycles. The van der Waals surface area contributed by atoms with E-state index >= 15 is 0 Å². The van der Waals surface area contributed by atoms with Crippen molar-refractivity contribution in [2.24, 2.45) is 5.73 Å². The van der Waals surface area contributed by atoms with Crippen molar-refractivity contribution in [2.75, 3.05) is 0 Å². The van der Waals surface area contributed by atoms with Crippen LogP contribution in [0.3, 0.4) is 0 Å². The minimum Gasteiger partial charge on any atom is -0.478 e. The number of carboxylic acid groups (broad SMARTS) is 1. The minimum absolute atomic E-state index is 0.238. The first-order valence-corrected chi connectivity index (χ1v) is 3.18. The zero-order valence-electron chi connectivity index (χ0n) is 5.87. The van der Waals surface area contributed by atoms with Gasteiger partial charge >= 0.3 is 5.97 Å². The SMILES string of the molecule is NCc1[c]cc(C(=O)O)cc1. The van der Waals surface area contributed by atoms with Gasteiger partial charge in [-0.25, -0.2) is 4.79 Å².